The Morgan fingerprint density at radius 3 is 1.00 bits per heavy atom. The first-order valence-corrected chi connectivity index (χ1v) is 0.655. The van der Waals surface area contributed by atoms with Gasteiger partial charge in [-0.05, 0) is 0 Å². The second-order valence-corrected chi connectivity index (χ2v) is 0.247. The van der Waals surface area contributed by atoms with Crippen LogP contribution < -0.4 is 0 Å². The summed E-state index contributed by atoms with van der Waals surface area (Å²) in [5.41, 5.74) is 0. The van der Waals surface area contributed by atoms with Gasteiger partial charge in [0.1, 0.15) is 0 Å². The largest absolute Gasteiger partial charge is 0.379 e. The molecule has 0 saturated heterocycles. The molecule has 0 rings (SSSR count). The Balaban J connectivity index is 0. The normalized spacial score (nSPS) is 7.20. The molecule has 0 amide bonds. The van der Waals surface area contributed by atoms with Gasteiger partial charge in [-0.15, -0.1) is 0 Å². The van der Waals surface area contributed by atoms with Gasteiger partial charge in [-0.1, -0.05) is 0 Å². The fourth-order valence-electron chi connectivity index (χ4n) is 0. The van der Waals surface area contributed by atoms with Crippen molar-refractivity contribution >= 4 is 0 Å². The molecule has 37 valence electrons. The second-order valence-electron chi connectivity index (χ2n) is 0.247. The van der Waals surface area contributed by atoms with E-state index in [1.54, 1.807) is 0 Å². The van der Waals surface area contributed by atoms with Crippen molar-refractivity contribution in [2.24, 2.45) is 0 Å². The molecule has 5 heavy (non-hydrogen) atoms. The van der Waals surface area contributed by atoms with E-state index in [4.69, 9.17) is 0 Å². The molecule has 0 aliphatic carbocycles. The minimum Gasteiger partial charge on any atom is -0.174 e. The van der Waals surface area contributed by atoms with Gasteiger partial charge in [0.15, 0.2) is 0 Å². The molecule has 0 saturated carbocycles. The summed E-state index contributed by atoms with van der Waals surface area (Å²) in [4.78, 5) is 0. The summed E-state index contributed by atoms with van der Waals surface area (Å²) in [6.45, 7) is -3.67. The number of halogens is 3. The Bertz CT molecular complexity index is 11.6. The van der Waals surface area contributed by atoms with Gasteiger partial charge in [-0.3, -0.25) is 0 Å². The average Bonchev–Trinajstić information content (AvgIpc) is 0.811. The third-order valence-electron chi connectivity index (χ3n) is 0. The van der Waals surface area contributed by atoms with Crippen molar-refractivity contribution in [3.8, 4) is 0 Å². The summed E-state index contributed by atoms with van der Waals surface area (Å²) >= 11 is 0. The predicted molar refractivity (Wildman–Crippen MR) is 7.11 cm³/mol. The topological polar surface area (TPSA) is 0 Å². The summed E-state index contributed by atoms with van der Waals surface area (Å²) in [6.07, 6.45) is 0. The zero-order valence-corrected chi connectivity index (χ0v) is 2.95. The standard InChI is InChI=1S/CHF3.Cu/c2-1(3)4;/h1H;. The Morgan fingerprint density at radius 2 is 1.00 bits per heavy atom. The van der Waals surface area contributed by atoms with Crippen LogP contribution in [0.3, 0.4) is 0 Å². The summed E-state index contributed by atoms with van der Waals surface area (Å²) in [5.74, 6) is 0. The van der Waals surface area contributed by atoms with Crippen molar-refractivity contribution in [3.05, 3.63) is 0 Å². The third-order valence-corrected chi connectivity index (χ3v) is 0. The summed E-state index contributed by atoms with van der Waals surface area (Å²) in [5, 5.41) is 0. The van der Waals surface area contributed by atoms with E-state index < -0.39 is 6.68 Å². The Hall–Kier alpha value is 0.309. The molecule has 0 atom stereocenters. The molecule has 0 aliphatic rings. The maximum atomic E-state index is 9.67. The first-order chi connectivity index (χ1) is 1.73. The first kappa shape index (κ1) is 9.00. The van der Waals surface area contributed by atoms with Gasteiger partial charge in [0.05, 0.1) is 0 Å². The molecule has 0 aromatic heterocycles. The summed E-state index contributed by atoms with van der Waals surface area (Å²) in [6, 6.07) is 0. The van der Waals surface area contributed by atoms with Gasteiger partial charge < -0.3 is 0 Å². The maximum Gasteiger partial charge on any atom is 0.379 e. The van der Waals surface area contributed by atoms with E-state index in [1.807, 2.05) is 0 Å². The maximum absolute atomic E-state index is 9.67. The zero-order chi connectivity index (χ0) is 3.58. The van der Waals surface area contributed by atoms with Gasteiger partial charge in [0.25, 0.3) is 0 Å². The second kappa shape index (κ2) is 4.31. The third kappa shape index (κ3) is 240. The number of hydrogen-bond donors (Lipinski definition) is 0. The van der Waals surface area contributed by atoms with Crippen LogP contribution in [-0.4, -0.2) is 6.68 Å². The van der Waals surface area contributed by atoms with Gasteiger partial charge >= 0.3 is 6.68 Å². The molecule has 0 spiro atoms. The van der Waals surface area contributed by atoms with Crippen LogP contribution in [0.15, 0.2) is 0 Å². The Morgan fingerprint density at radius 1 is 1.00 bits per heavy atom. The van der Waals surface area contributed by atoms with Crippen LogP contribution in [0.4, 0.5) is 13.2 Å². The molecular formula is CHCuF3. The molecule has 0 nitrogen and oxygen atoms in total. The molecule has 1 radical (unpaired) electrons. The molecule has 4 heteroatoms. The summed E-state index contributed by atoms with van der Waals surface area (Å²) < 4.78 is 29.0. The predicted octanol–water partition coefficient (Wildman–Crippen LogP) is 1.18. The molecule has 0 fully saturated rings. The van der Waals surface area contributed by atoms with Crippen LogP contribution in [0.1, 0.15) is 0 Å². The van der Waals surface area contributed by atoms with Crippen molar-refractivity contribution < 1.29 is 30.2 Å². The minimum absolute atomic E-state index is 0. The summed E-state index contributed by atoms with van der Waals surface area (Å²) in [7, 11) is 0. The van der Waals surface area contributed by atoms with E-state index in [0.717, 1.165) is 0 Å². The molecule has 0 aromatic carbocycles. The van der Waals surface area contributed by atoms with Gasteiger partial charge in [-0.25, -0.2) is 0 Å². The van der Waals surface area contributed by atoms with Crippen molar-refractivity contribution in [1.82, 2.24) is 0 Å². The van der Waals surface area contributed by atoms with Gasteiger partial charge in [0.2, 0.25) is 0 Å². The minimum atomic E-state index is -3.67. The molecule has 0 aromatic rings. The van der Waals surface area contributed by atoms with Crippen molar-refractivity contribution in [1.29, 1.82) is 0 Å². The van der Waals surface area contributed by atoms with Gasteiger partial charge in [0, 0.05) is 17.1 Å². The van der Waals surface area contributed by atoms with Crippen LogP contribution in [0.5, 0.6) is 0 Å². The average molecular weight is 134 g/mol. The van der Waals surface area contributed by atoms with Crippen LogP contribution >= 0.6 is 0 Å². The quantitative estimate of drug-likeness (QED) is 0.436. The van der Waals surface area contributed by atoms with Crippen LogP contribution in [0, 0.1) is 0 Å². The van der Waals surface area contributed by atoms with Crippen LogP contribution in [0.2, 0.25) is 0 Å². The van der Waals surface area contributed by atoms with E-state index in [9.17, 15) is 13.2 Å². The van der Waals surface area contributed by atoms with E-state index in [2.05, 4.69) is 0 Å². The van der Waals surface area contributed by atoms with E-state index >= 15 is 0 Å². The van der Waals surface area contributed by atoms with Crippen LogP contribution in [-0.2, 0) is 17.1 Å². The Kier molecular flexibility index (Phi) is 7.76. The monoisotopic (exact) mass is 133 g/mol. The molecule has 0 unspecified atom stereocenters. The van der Waals surface area contributed by atoms with E-state index in [-0.39, 0.29) is 17.1 Å². The van der Waals surface area contributed by atoms with Crippen molar-refractivity contribution in [2.45, 2.75) is 6.68 Å². The first-order valence-electron chi connectivity index (χ1n) is 0.655. The zero-order valence-electron chi connectivity index (χ0n) is 2.01. The smallest absolute Gasteiger partial charge is 0.174 e. The molecule has 0 heterocycles. The fraction of sp³-hybridized carbons (Fsp3) is 1.00. The molecule has 0 N–H and O–H groups in total. The van der Waals surface area contributed by atoms with Crippen LogP contribution in [0.25, 0.3) is 0 Å². The Labute approximate surface area is 37.8 Å². The SMILES string of the molecule is FC(F)F.[Cu]. The van der Waals surface area contributed by atoms with Crippen molar-refractivity contribution in [2.75, 3.05) is 0 Å². The molecule has 0 aliphatic heterocycles. The number of rotatable bonds is 0. The van der Waals surface area contributed by atoms with Crippen molar-refractivity contribution in [3.63, 3.8) is 0 Å². The number of hydrogen-bond acceptors (Lipinski definition) is 0. The van der Waals surface area contributed by atoms with E-state index in [0.29, 0.717) is 0 Å². The fourth-order valence-corrected chi connectivity index (χ4v) is 0. The number of alkyl halides is 3. The molecular weight excluding hydrogens is 133 g/mol. The van der Waals surface area contributed by atoms with Gasteiger partial charge in [-0.2, -0.15) is 13.2 Å². The molecule has 0 bridgehead atoms. The van der Waals surface area contributed by atoms with E-state index in [1.165, 1.54) is 0 Å².